The molecule has 8 nitrogen and oxygen atoms in total. The highest BCUT2D eigenvalue weighted by molar-refractivity contribution is 7.20. The second-order valence-electron chi connectivity index (χ2n) is 6.85. The Morgan fingerprint density at radius 1 is 0.594 bits per heavy atom. The number of benzene rings is 2. The molecule has 0 aliphatic rings. The van der Waals surface area contributed by atoms with Crippen molar-refractivity contribution in [1.29, 1.82) is 0 Å². The lowest BCUT2D eigenvalue weighted by molar-refractivity contribution is 0.0544. The van der Waals surface area contributed by atoms with Crippen LogP contribution in [0.25, 0.3) is 31.2 Å². The summed E-state index contributed by atoms with van der Waals surface area (Å²) in [6.45, 7) is 4.22. The molecule has 0 N–H and O–H groups in total. The van der Waals surface area contributed by atoms with Crippen molar-refractivity contribution in [2.24, 2.45) is 0 Å². The third-order valence-corrected chi connectivity index (χ3v) is 6.45. The van der Waals surface area contributed by atoms with E-state index in [9.17, 15) is 0 Å². The van der Waals surface area contributed by atoms with Crippen molar-refractivity contribution in [3.8, 4) is 10.4 Å². The lowest BCUT2D eigenvalue weighted by atomic mass is 10.1. The topological polar surface area (TPSA) is 81.2 Å². The molecule has 2 aromatic heterocycles. The number of thiazole rings is 2. The largest absolute Gasteiger partial charge is 0.468 e. The molecule has 2 heterocycles. The van der Waals surface area contributed by atoms with Crippen LogP contribution in [0.2, 0.25) is 0 Å². The summed E-state index contributed by atoms with van der Waals surface area (Å²) in [4.78, 5) is 9.22. The highest BCUT2D eigenvalue weighted by Gasteiger charge is 2.10. The Morgan fingerprint density at radius 2 is 1.03 bits per heavy atom. The fourth-order valence-electron chi connectivity index (χ4n) is 3.04. The van der Waals surface area contributed by atoms with Gasteiger partial charge >= 0.3 is 0 Å². The summed E-state index contributed by atoms with van der Waals surface area (Å²) in [6, 6.07) is 8.44. The van der Waals surface area contributed by atoms with E-state index in [0.29, 0.717) is 63.2 Å². The molecule has 0 saturated heterocycles. The van der Waals surface area contributed by atoms with E-state index >= 15 is 0 Å². The molecule has 0 aliphatic heterocycles. The van der Waals surface area contributed by atoms with Crippen molar-refractivity contribution in [3.05, 3.63) is 24.3 Å². The van der Waals surface area contributed by atoms with Gasteiger partial charge in [-0.05, 0) is 35.0 Å². The number of hydrogen-bond donors (Lipinski definition) is 0. The fourth-order valence-corrected chi connectivity index (χ4v) is 4.78. The van der Waals surface area contributed by atoms with Gasteiger partial charge in [-0.15, -0.1) is 0 Å². The van der Waals surface area contributed by atoms with E-state index in [-0.39, 0.29) is 0 Å². The zero-order chi connectivity index (χ0) is 22.2. The number of methoxy groups -OCH3 is 2. The van der Waals surface area contributed by atoms with Gasteiger partial charge in [0.25, 0.3) is 10.4 Å². The lowest BCUT2D eigenvalue weighted by Gasteiger charge is -2.03. The quantitative estimate of drug-likeness (QED) is 0.250. The molecule has 2 aromatic carbocycles. The van der Waals surface area contributed by atoms with Gasteiger partial charge in [0.1, 0.15) is 13.2 Å². The number of hydrogen-bond acceptors (Lipinski definition) is 10. The zero-order valence-electron chi connectivity index (χ0n) is 18.1. The van der Waals surface area contributed by atoms with E-state index in [1.807, 2.05) is 0 Å². The highest BCUT2D eigenvalue weighted by atomic mass is 32.1. The second kappa shape index (κ2) is 11.7. The normalized spacial score (nSPS) is 11.7. The molecule has 4 aromatic rings. The van der Waals surface area contributed by atoms with Gasteiger partial charge in [-0.2, -0.15) is 0 Å². The van der Waals surface area contributed by atoms with Gasteiger partial charge in [0.2, 0.25) is 0 Å². The van der Waals surface area contributed by atoms with Crippen molar-refractivity contribution in [3.63, 3.8) is 0 Å². The van der Waals surface area contributed by atoms with E-state index in [2.05, 4.69) is 34.2 Å². The van der Waals surface area contributed by atoms with Crippen LogP contribution in [-0.4, -0.2) is 77.0 Å². The molecule has 172 valence electrons. The first-order valence-electron chi connectivity index (χ1n) is 10.3. The van der Waals surface area contributed by atoms with Crippen LogP contribution in [0.15, 0.2) is 24.3 Å². The van der Waals surface area contributed by atoms with Gasteiger partial charge in [-0.3, -0.25) is 0 Å². The Morgan fingerprint density at radius 3 is 1.47 bits per heavy atom. The molecule has 0 aliphatic carbocycles. The average Bonchev–Trinajstić information content (AvgIpc) is 3.37. The maximum absolute atomic E-state index is 5.74. The molecule has 0 radical (unpaired) electrons. The Kier molecular flexibility index (Phi) is 8.43. The summed E-state index contributed by atoms with van der Waals surface area (Å²) in [7, 11) is 3.31. The summed E-state index contributed by atoms with van der Waals surface area (Å²) in [5, 5.41) is 3.52. The maximum Gasteiger partial charge on any atom is 0.274 e. The predicted octanol–water partition coefficient (Wildman–Crippen LogP) is 4.14. The second-order valence-corrected chi connectivity index (χ2v) is 8.84. The predicted molar refractivity (Wildman–Crippen MR) is 127 cm³/mol. The minimum Gasteiger partial charge on any atom is -0.468 e. The minimum absolute atomic E-state index is 0.461. The van der Waals surface area contributed by atoms with Crippen LogP contribution in [0.5, 0.6) is 10.4 Å². The summed E-state index contributed by atoms with van der Waals surface area (Å²) >= 11 is 3.06. The Labute approximate surface area is 194 Å². The van der Waals surface area contributed by atoms with Crippen molar-refractivity contribution >= 4 is 53.9 Å². The summed E-state index contributed by atoms with van der Waals surface area (Å²) in [6.07, 6.45) is 0. The molecular formula is C22H26N2O6S2. The summed E-state index contributed by atoms with van der Waals surface area (Å²) < 4.78 is 34.4. The third kappa shape index (κ3) is 6.03. The van der Waals surface area contributed by atoms with Crippen LogP contribution in [0.1, 0.15) is 0 Å². The van der Waals surface area contributed by atoms with E-state index in [4.69, 9.17) is 28.4 Å². The Balaban J connectivity index is 1.40. The van der Waals surface area contributed by atoms with E-state index < -0.39 is 0 Å². The minimum atomic E-state index is 0.461. The molecule has 0 fully saturated rings. The maximum atomic E-state index is 5.74. The van der Waals surface area contributed by atoms with E-state index in [0.717, 1.165) is 31.2 Å². The molecular weight excluding hydrogens is 452 g/mol. The van der Waals surface area contributed by atoms with Gasteiger partial charge in [0.15, 0.2) is 0 Å². The average molecular weight is 479 g/mol. The molecule has 0 unspecified atom stereocenters. The van der Waals surface area contributed by atoms with Gasteiger partial charge in [0, 0.05) is 14.2 Å². The van der Waals surface area contributed by atoms with E-state index in [1.54, 1.807) is 14.2 Å². The van der Waals surface area contributed by atoms with Gasteiger partial charge < -0.3 is 28.4 Å². The van der Waals surface area contributed by atoms with Crippen LogP contribution in [0.4, 0.5) is 0 Å². The number of fused-ring (bicyclic) bond motifs is 3. The van der Waals surface area contributed by atoms with Crippen LogP contribution in [0.3, 0.4) is 0 Å². The standard InChI is InChI=1S/C22H26N2O6S2/c1-25-3-5-27-7-9-29-21-23-17-11-15-14-20-18(12-16(15)13-19(17)31-21)24-22(32-20)30-10-8-28-6-4-26-2/h11-14H,3-10H2,1-2H3. The molecule has 0 bridgehead atoms. The van der Waals surface area contributed by atoms with Gasteiger partial charge in [0.05, 0.1) is 60.1 Å². The van der Waals surface area contributed by atoms with Crippen molar-refractivity contribution in [2.75, 3.05) is 67.1 Å². The van der Waals surface area contributed by atoms with Crippen molar-refractivity contribution < 1.29 is 28.4 Å². The van der Waals surface area contributed by atoms with Crippen molar-refractivity contribution in [1.82, 2.24) is 9.97 Å². The number of ether oxygens (including phenoxy) is 6. The van der Waals surface area contributed by atoms with Crippen LogP contribution in [-0.2, 0) is 18.9 Å². The first kappa shape index (κ1) is 23.1. The van der Waals surface area contributed by atoms with Crippen LogP contribution < -0.4 is 9.47 Å². The van der Waals surface area contributed by atoms with Gasteiger partial charge in [-0.1, -0.05) is 22.7 Å². The Bertz CT molecular complexity index is 990. The molecule has 0 atom stereocenters. The number of rotatable bonds is 14. The first-order chi connectivity index (χ1) is 15.8. The summed E-state index contributed by atoms with van der Waals surface area (Å²) in [5.41, 5.74) is 1.85. The van der Waals surface area contributed by atoms with Crippen LogP contribution in [0, 0.1) is 0 Å². The van der Waals surface area contributed by atoms with Crippen molar-refractivity contribution in [2.45, 2.75) is 0 Å². The number of aromatic nitrogens is 2. The third-order valence-electron chi connectivity index (χ3n) is 4.58. The molecule has 0 saturated carbocycles. The molecule has 0 amide bonds. The van der Waals surface area contributed by atoms with E-state index in [1.165, 1.54) is 22.7 Å². The lowest BCUT2D eigenvalue weighted by Crippen LogP contribution is -2.09. The highest BCUT2D eigenvalue weighted by Crippen LogP contribution is 2.35. The fraction of sp³-hybridized carbons (Fsp3) is 0.455. The van der Waals surface area contributed by atoms with Gasteiger partial charge in [-0.25, -0.2) is 9.97 Å². The first-order valence-corrected chi connectivity index (χ1v) is 11.9. The SMILES string of the molecule is COCCOCCOc1nc2cc3cc4sc(OCCOCCOC)nc4cc3cc2s1. The molecule has 32 heavy (non-hydrogen) atoms. The van der Waals surface area contributed by atoms with Crippen LogP contribution >= 0.6 is 22.7 Å². The summed E-state index contributed by atoms with van der Waals surface area (Å²) in [5.74, 6) is 0. The Hall–Kier alpha value is -2.08. The smallest absolute Gasteiger partial charge is 0.274 e. The zero-order valence-corrected chi connectivity index (χ0v) is 19.8. The molecule has 10 heteroatoms. The monoisotopic (exact) mass is 478 g/mol. The number of nitrogens with zero attached hydrogens (tertiary/aromatic N) is 2. The molecule has 0 spiro atoms. The molecule has 4 rings (SSSR count).